The van der Waals surface area contributed by atoms with E-state index < -0.39 is 12.0 Å². The number of esters is 1. The first kappa shape index (κ1) is 16.5. The number of benzene rings is 1. The van der Waals surface area contributed by atoms with Crippen molar-refractivity contribution in [2.24, 2.45) is 5.92 Å². The lowest BCUT2D eigenvalue weighted by Gasteiger charge is -2.20. The maximum Gasteiger partial charge on any atom is 0.328 e. The highest BCUT2D eigenvalue weighted by molar-refractivity contribution is 9.10. The van der Waals surface area contributed by atoms with Gasteiger partial charge in [0.15, 0.2) is 0 Å². The molecule has 0 saturated carbocycles. The van der Waals surface area contributed by atoms with E-state index in [0.717, 1.165) is 15.4 Å². The molecule has 0 bridgehead atoms. The molecule has 1 aromatic carbocycles. The normalized spacial score (nSPS) is 12.4. The first-order valence-electron chi connectivity index (χ1n) is 7.04. The largest absolute Gasteiger partial charge is 0.467 e. The lowest BCUT2D eigenvalue weighted by Crippen LogP contribution is -2.46. The van der Waals surface area contributed by atoms with Gasteiger partial charge in [-0.25, -0.2) is 4.79 Å². The Kier molecular flexibility index (Phi) is 5.24. The molecule has 118 valence electrons. The van der Waals surface area contributed by atoms with E-state index in [0.29, 0.717) is 0 Å². The predicted octanol–water partition coefficient (Wildman–Crippen LogP) is 2.72. The molecule has 0 aliphatic rings. The van der Waals surface area contributed by atoms with Gasteiger partial charge in [0.25, 0.3) is 0 Å². The Bertz CT molecular complexity index is 694. The summed E-state index contributed by atoms with van der Waals surface area (Å²) in [5.74, 6) is -0.678. The van der Waals surface area contributed by atoms with Gasteiger partial charge in [0.1, 0.15) is 12.6 Å². The second kappa shape index (κ2) is 6.96. The van der Waals surface area contributed by atoms with Crippen LogP contribution in [-0.4, -0.2) is 29.6 Å². The second-order valence-electron chi connectivity index (χ2n) is 5.46. The zero-order chi connectivity index (χ0) is 16.3. The van der Waals surface area contributed by atoms with Gasteiger partial charge in [0.2, 0.25) is 5.91 Å². The number of hydrogen-bond donors (Lipinski definition) is 1. The standard InChI is InChI=1S/C16H19BrN2O3/c1-10(2)15(16(21)22-3)18-14(20)9-19-7-6-11-8-12(17)4-5-13(11)19/h4-8,10,15H,9H2,1-3H3,(H,18,20)/t15-/m1/s1. The number of nitrogens with one attached hydrogen (secondary N) is 1. The van der Waals surface area contributed by atoms with Crippen LogP contribution < -0.4 is 5.32 Å². The molecule has 1 N–H and O–H groups in total. The van der Waals surface area contributed by atoms with Crippen molar-refractivity contribution in [3.8, 4) is 0 Å². The summed E-state index contributed by atoms with van der Waals surface area (Å²) in [6.45, 7) is 3.89. The van der Waals surface area contributed by atoms with Crippen LogP contribution in [0.4, 0.5) is 0 Å². The van der Waals surface area contributed by atoms with E-state index in [-0.39, 0.29) is 18.4 Å². The molecule has 1 heterocycles. The predicted molar refractivity (Wildman–Crippen MR) is 88.4 cm³/mol. The number of amides is 1. The molecule has 1 atom stereocenters. The Labute approximate surface area is 137 Å². The molecule has 1 amide bonds. The van der Waals surface area contributed by atoms with Gasteiger partial charge in [-0.05, 0) is 30.2 Å². The third kappa shape index (κ3) is 3.68. The van der Waals surface area contributed by atoms with Gasteiger partial charge >= 0.3 is 5.97 Å². The van der Waals surface area contributed by atoms with E-state index >= 15 is 0 Å². The van der Waals surface area contributed by atoms with Gasteiger partial charge < -0.3 is 14.6 Å². The fraction of sp³-hybridized carbons (Fsp3) is 0.375. The number of nitrogens with zero attached hydrogens (tertiary/aromatic N) is 1. The number of halogens is 1. The molecule has 1 aromatic heterocycles. The number of carbonyl (C=O) groups excluding carboxylic acids is 2. The molecule has 0 spiro atoms. The topological polar surface area (TPSA) is 60.3 Å². The number of ether oxygens (including phenoxy) is 1. The third-order valence-corrected chi connectivity index (χ3v) is 3.98. The van der Waals surface area contributed by atoms with Gasteiger partial charge in [-0.3, -0.25) is 4.79 Å². The lowest BCUT2D eigenvalue weighted by molar-refractivity contribution is -0.146. The number of rotatable bonds is 5. The average molecular weight is 367 g/mol. The van der Waals surface area contributed by atoms with Crippen molar-refractivity contribution in [2.45, 2.75) is 26.4 Å². The van der Waals surface area contributed by atoms with Gasteiger partial charge in [-0.15, -0.1) is 0 Å². The molecule has 22 heavy (non-hydrogen) atoms. The fourth-order valence-corrected chi connectivity index (χ4v) is 2.69. The van der Waals surface area contributed by atoms with Gasteiger partial charge in [-0.1, -0.05) is 29.8 Å². The molecule has 2 aromatic rings. The molecule has 6 heteroatoms. The Morgan fingerprint density at radius 3 is 2.68 bits per heavy atom. The molecule has 0 unspecified atom stereocenters. The maximum absolute atomic E-state index is 12.2. The summed E-state index contributed by atoms with van der Waals surface area (Å²) in [4.78, 5) is 23.9. The lowest BCUT2D eigenvalue weighted by atomic mass is 10.0. The average Bonchev–Trinajstić information content (AvgIpc) is 2.85. The van der Waals surface area contributed by atoms with Crippen LogP contribution >= 0.6 is 15.9 Å². The summed E-state index contributed by atoms with van der Waals surface area (Å²) in [6.07, 6.45) is 1.86. The highest BCUT2D eigenvalue weighted by atomic mass is 79.9. The fourth-order valence-electron chi connectivity index (χ4n) is 2.31. The molecule has 0 aliphatic heterocycles. The van der Waals surface area contributed by atoms with Crippen molar-refractivity contribution in [1.82, 2.24) is 9.88 Å². The van der Waals surface area contributed by atoms with E-state index in [9.17, 15) is 9.59 Å². The van der Waals surface area contributed by atoms with Crippen molar-refractivity contribution in [3.05, 3.63) is 34.9 Å². The highest BCUT2D eigenvalue weighted by Crippen LogP contribution is 2.20. The molecule has 0 saturated heterocycles. The monoisotopic (exact) mass is 366 g/mol. The van der Waals surface area contributed by atoms with Crippen LogP contribution in [0, 0.1) is 5.92 Å². The smallest absolute Gasteiger partial charge is 0.328 e. The molecule has 5 nitrogen and oxygen atoms in total. The van der Waals surface area contributed by atoms with Crippen LogP contribution in [0.25, 0.3) is 10.9 Å². The number of carbonyl (C=O) groups is 2. The molecular weight excluding hydrogens is 348 g/mol. The first-order chi connectivity index (χ1) is 10.4. The zero-order valence-corrected chi connectivity index (χ0v) is 14.4. The van der Waals surface area contributed by atoms with Crippen molar-refractivity contribution < 1.29 is 14.3 Å². The quantitative estimate of drug-likeness (QED) is 0.827. The van der Waals surface area contributed by atoms with Crippen LogP contribution in [0.5, 0.6) is 0 Å². The summed E-state index contributed by atoms with van der Waals surface area (Å²) < 4.78 is 7.57. The number of hydrogen-bond acceptors (Lipinski definition) is 3. The Morgan fingerprint density at radius 1 is 1.32 bits per heavy atom. The van der Waals surface area contributed by atoms with E-state index in [2.05, 4.69) is 21.2 Å². The maximum atomic E-state index is 12.2. The van der Waals surface area contributed by atoms with Crippen molar-refractivity contribution in [3.63, 3.8) is 0 Å². The number of aromatic nitrogens is 1. The first-order valence-corrected chi connectivity index (χ1v) is 7.83. The summed E-state index contributed by atoms with van der Waals surface area (Å²) >= 11 is 3.43. The minimum Gasteiger partial charge on any atom is -0.467 e. The van der Waals surface area contributed by atoms with Crippen LogP contribution in [0.15, 0.2) is 34.9 Å². The summed E-state index contributed by atoms with van der Waals surface area (Å²) in [6, 6.07) is 7.20. The SMILES string of the molecule is COC(=O)[C@H](NC(=O)Cn1ccc2cc(Br)ccc21)C(C)C. The highest BCUT2D eigenvalue weighted by Gasteiger charge is 2.24. The van der Waals surface area contributed by atoms with Gasteiger partial charge in [0, 0.05) is 21.6 Å². The van der Waals surface area contributed by atoms with Crippen molar-refractivity contribution in [2.75, 3.05) is 7.11 Å². The molecule has 2 rings (SSSR count). The van der Waals surface area contributed by atoms with E-state index in [1.165, 1.54) is 7.11 Å². The Balaban J connectivity index is 2.12. The summed E-state index contributed by atoms with van der Waals surface area (Å²) in [5.41, 5.74) is 0.970. The number of fused-ring (bicyclic) bond motifs is 1. The molecule has 0 aliphatic carbocycles. The minimum absolute atomic E-state index is 0.0336. The number of methoxy groups -OCH3 is 1. The molecule has 0 radical (unpaired) electrons. The molecule has 0 fully saturated rings. The Morgan fingerprint density at radius 2 is 2.05 bits per heavy atom. The van der Waals surface area contributed by atoms with Crippen LogP contribution in [0.3, 0.4) is 0 Å². The Hall–Kier alpha value is -1.82. The molecular formula is C16H19BrN2O3. The van der Waals surface area contributed by atoms with Crippen LogP contribution in [0.2, 0.25) is 0 Å². The van der Waals surface area contributed by atoms with Crippen molar-refractivity contribution >= 4 is 38.7 Å². The van der Waals surface area contributed by atoms with Crippen LogP contribution in [-0.2, 0) is 20.9 Å². The minimum atomic E-state index is -0.631. The summed E-state index contributed by atoms with van der Waals surface area (Å²) in [7, 11) is 1.32. The van der Waals surface area contributed by atoms with E-state index in [4.69, 9.17) is 4.74 Å². The third-order valence-electron chi connectivity index (χ3n) is 3.49. The second-order valence-corrected chi connectivity index (χ2v) is 6.37. The van der Waals surface area contributed by atoms with E-state index in [1.54, 1.807) is 0 Å². The summed E-state index contributed by atoms with van der Waals surface area (Å²) in [5, 5.41) is 3.79. The van der Waals surface area contributed by atoms with Crippen molar-refractivity contribution in [1.29, 1.82) is 0 Å². The van der Waals surface area contributed by atoms with E-state index in [1.807, 2.05) is 48.9 Å². The zero-order valence-electron chi connectivity index (χ0n) is 12.8. The van der Waals surface area contributed by atoms with Crippen LogP contribution in [0.1, 0.15) is 13.8 Å². The van der Waals surface area contributed by atoms with Gasteiger partial charge in [0.05, 0.1) is 7.11 Å². The van der Waals surface area contributed by atoms with Gasteiger partial charge in [-0.2, -0.15) is 0 Å².